The van der Waals surface area contributed by atoms with E-state index in [4.69, 9.17) is 9.47 Å². The maximum atomic E-state index is 12.6. The third kappa shape index (κ3) is 5.06. The molecule has 0 aliphatic rings. The van der Waals surface area contributed by atoms with Crippen molar-refractivity contribution < 1.29 is 19.4 Å². The number of aromatic hydroxyl groups is 1. The van der Waals surface area contributed by atoms with Crippen molar-refractivity contribution in [2.75, 3.05) is 13.7 Å². The Labute approximate surface area is 166 Å². The van der Waals surface area contributed by atoms with E-state index in [1.165, 1.54) is 0 Å². The van der Waals surface area contributed by atoms with Gasteiger partial charge in [-0.05, 0) is 87.1 Å². The molecule has 0 unspecified atom stereocenters. The summed E-state index contributed by atoms with van der Waals surface area (Å²) >= 11 is 0. The molecule has 2 aromatic rings. The van der Waals surface area contributed by atoms with Crippen molar-refractivity contribution in [3.05, 3.63) is 70.0 Å². The van der Waals surface area contributed by atoms with Gasteiger partial charge in [0.25, 0.3) is 0 Å². The minimum atomic E-state index is -0.400. The van der Waals surface area contributed by atoms with Crippen LogP contribution in [0.2, 0.25) is 0 Å². The lowest BCUT2D eigenvalue weighted by molar-refractivity contribution is 0.0524. The minimum absolute atomic E-state index is 0.146. The van der Waals surface area contributed by atoms with Crippen LogP contribution in [0.25, 0.3) is 0 Å². The zero-order valence-corrected chi connectivity index (χ0v) is 17.3. The van der Waals surface area contributed by atoms with E-state index < -0.39 is 5.97 Å². The molecule has 0 saturated carbocycles. The van der Waals surface area contributed by atoms with Crippen LogP contribution in [0.15, 0.2) is 36.5 Å². The fourth-order valence-corrected chi connectivity index (χ4v) is 3.24. The lowest BCUT2D eigenvalue weighted by Crippen LogP contribution is -2.10. The second-order valence-electron chi connectivity index (χ2n) is 6.67. The molecular weight excluding hydrogens is 354 g/mol. The summed E-state index contributed by atoms with van der Waals surface area (Å²) in [4.78, 5) is 15.6. The molecule has 1 aromatic heterocycles. The van der Waals surface area contributed by atoms with E-state index in [0.29, 0.717) is 36.3 Å². The molecule has 150 valence electrons. The highest BCUT2D eigenvalue weighted by molar-refractivity contribution is 5.92. The van der Waals surface area contributed by atoms with Crippen molar-refractivity contribution >= 4 is 5.97 Å². The van der Waals surface area contributed by atoms with Crippen LogP contribution in [0.5, 0.6) is 11.5 Å². The number of aromatic amines is 1. The van der Waals surface area contributed by atoms with Gasteiger partial charge in [0.05, 0.1) is 19.3 Å². The Morgan fingerprint density at radius 3 is 2.57 bits per heavy atom. The Morgan fingerprint density at radius 1 is 1.14 bits per heavy atom. The highest BCUT2D eigenvalue weighted by Gasteiger charge is 2.17. The minimum Gasteiger partial charge on any atom is -0.508 e. The number of rotatable bonds is 6. The van der Waals surface area contributed by atoms with Crippen molar-refractivity contribution in [3.63, 3.8) is 0 Å². The number of hydrogen-bond donors (Lipinski definition) is 2. The molecule has 0 spiro atoms. The Hall–Kier alpha value is -2.95. The number of methoxy groups -OCH3 is 1. The first-order chi connectivity index (χ1) is 13.4. The lowest BCUT2D eigenvalue weighted by atomic mass is 9.95. The Bertz CT molecular complexity index is 898. The SMILES string of the molecule is CCOC(=O)c1c(C)[nH]cccc(O)c(CCc2cc(OC)ccc2C)c1C. The first-order valence-electron chi connectivity index (χ1n) is 9.43. The lowest BCUT2D eigenvalue weighted by Gasteiger charge is -2.13. The summed E-state index contributed by atoms with van der Waals surface area (Å²) in [7, 11) is 1.65. The highest BCUT2D eigenvalue weighted by Crippen LogP contribution is 2.26. The molecule has 0 bridgehead atoms. The Kier molecular flexibility index (Phi) is 7.50. The molecule has 28 heavy (non-hydrogen) atoms. The molecule has 0 radical (unpaired) electrons. The molecule has 0 saturated heterocycles. The third-order valence-corrected chi connectivity index (χ3v) is 4.84. The predicted molar refractivity (Wildman–Crippen MR) is 111 cm³/mol. The van der Waals surface area contributed by atoms with Crippen LogP contribution in [0.4, 0.5) is 0 Å². The van der Waals surface area contributed by atoms with Gasteiger partial charge in [-0.3, -0.25) is 0 Å². The molecule has 5 heteroatoms. The number of carbonyl (C=O) groups is 1. The first-order valence-corrected chi connectivity index (χ1v) is 9.43. The van der Waals surface area contributed by atoms with Gasteiger partial charge < -0.3 is 19.6 Å². The number of H-pyrrole nitrogens is 1. The van der Waals surface area contributed by atoms with Crippen LogP contribution in [-0.2, 0) is 17.6 Å². The summed E-state index contributed by atoms with van der Waals surface area (Å²) in [5, 5.41) is 10.7. The third-order valence-electron chi connectivity index (χ3n) is 4.84. The van der Waals surface area contributed by atoms with Crippen LogP contribution in [0, 0.1) is 20.8 Å². The second kappa shape index (κ2) is 9.83. The molecule has 0 fully saturated rings. The van der Waals surface area contributed by atoms with E-state index in [0.717, 1.165) is 22.4 Å². The average Bonchev–Trinajstić information content (AvgIpc) is 2.71. The van der Waals surface area contributed by atoms with Crippen LogP contribution in [-0.4, -0.2) is 29.8 Å². The van der Waals surface area contributed by atoms with Crippen molar-refractivity contribution in [1.29, 1.82) is 0 Å². The summed E-state index contributed by atoms with van der Waals surface area (Å²) in [5.74, 6) is 0.548. The number of benzene rings is 1. The number of ether oxygens (including phenoxy) is 2. The standard InChI is InChI=1S/C23H29NO4/c1-6-28-23(26)22-16(3)20(21(25)8-7-13-24-17(22)4)12-10-18-14-19(27-5)11-9-15(18)2/h7-9,11,13-14,24-25H,6,10,12H2,1-5H3. The number of nitrogens with one attached hydrogen (secondary N) is 1. The molecule has 2 rings (SSSR count). The van der Waals surface area contributed by atoms with Gasteiger partial charge >= 0.3 is 5.97 Å². The first kappa shape index (κ1) is 21.4. The Morgan fingerprint density at radius 2 is 1.89 bits per heavy atom. The van der Waals surface area contributed by atoms with E-state index in [9.17, 15) is 9.90 Å². The molecule has 1 heterocycles. The monoisotopic (exact) mass is 383 g/mol. The van der Waals surface area contributed by atoms with Crippen LogP contribution >= 0.6 is 0 Å². The molecule has 2 N–H and O–H groups in total. The van der Waals surface area contributed by atoms with Crippen LogP contribution in [0.3, 0.4) is 0 Å². The van der Waals surface area contributed by atoms with Gasteiger partial charge in [0.1, 0.15) is 11.5 Å². The number of carbonyl (C=O) groups excluding carboxylic acids is 1. The second-order valence-corrected chi connectivity index (χ2v) is 6.67. The maximum absolute atomic E-state index is 12.6. The zero-order valence-electron chi connectivity index (χ0n) is 17.3. The quantitative estimate of drug-likeness (QED) is 0.707. The molecule has 5 nitrogen and oxygen atoms in total. The van der Waals surface area contributed by atoms with Gasteiger partial charge in [-0.1, -0.05) is 6.07 Å². The molecule has 1 aromatic carbocycles. The average molecular weight is 383 g/mol. The molecule has 0 atom stereocenters. The number of aromatic nitrogens is 1. The van der Waals surface area contributed by atoms with Crippen molar-refractivity contribution in [2.45, 2.75) is 40.5 Å². The summed E-state index contributed by atoms with van der Waals surface area (Å²) < 4.78 is 10.6. The molecule has 0 aliphatic heterocycles. The van der Waals surface area contributed by atoms with Crippen molar-refractivity contribution in [1.82, 2.24) is 4.98 Å². The summed E-state index contributed by atoms with van der Waals surface area (Å²) in [6.07, 6.45) is 2.97. The molecular formula is C23H29NO4. The number of esters is 1. The van der Waals surface area contributed by atoms with Gasteiger partial charge in [-0.25, -0.2) is 4.79 Å². The van der Waals surface area contributed by atoms with Crippen LogP contribution < -0.4 is 4.74 Å². The number of hydrogen-bond acceptors (Lipinski definition) is 4. The molecule has 0 aliphatic carbocycles. The van der Waals surface area contributed by atoms with Crippen molar-refractivity contribution in [2.24, 2.45) is 0 Å². The summed E-state index contributed by atoms with van der Waals surface area (Å²) in [6, 6.07) is 9.32. The topological polar surface area (TPSA) is 71.6 Å². The molecule has 0 amide bonds. The van der Waals surface area contributed by atoms with E-state index in [-0.39, 0.29) is 5.75 Å². The summed E-state index contributed by atoms with van der Waals surface area (Å²) in [6.45, 7) is 7.79. The van der Waals surface area contributed by atoms with E-state index >= 15 is 0 Å². The Balaban J connectivity index is 2.55. The summed E-state index contributed by atoms with van der Waals surface area (Å²) in [5.41, 5.74) is 4.86. The fourth-order valence-electron chi connectivity index (χ4n) is 3.24. The maximum Gasteiger partial charge on any atom is 0.340 e. The highest BCUT2D eigenvalue weighted by atomic mass is 16.5. The smallest absolute Gasteiger partial charge is 0.340 e. The van der Waals surface area contributed by atoms with Gasteiger partial charge in [-0.15, -0.1) is 0 Å². The normalized spacial score (nSPS) is 10.3. The van der Waals surface area contributed by atoms with Gasteiger partial charge in [0, 0.05) is 11.9 Å². The van der Waals surface area contributed by atoms with Crippen molar-refractivity contribution in [3.8, 4) is 11.5 Å². The van der Waals surface area contributed by atoms with E-state index in [1.54, 1.807) is 32.4 Å². The van der Waals surface area contributed by atoms with Gasteiger partial charge in [0.2, 0.25) is 0 Å². The van der Waals surface area contributed by atoms with E-state index in [2.05, 4.69) is 11.9 Å². The predicted octanol–water partition coefficient (Wildman–Crippen LogP) is 4.74. The number of aryl methyl sites for hydroxylation is 3. The zero-order chi connectivity index (χ0) is 20.7. The van der Waals surface area contributed by atoms with E-state index in [1.807, 2.05) is 32.0 Å². The van der Waals surface area contributed by atoms with Gasteiger partial charge in [-0.2, -0.15) is 0 Å². The van der Waals surface area contributed by atoms with Crippen LogP contribution in [0.1, 0.15) is 45.2 Å². The fraction of sp³-hybridized carbons (Fsp3) is 0.348. The van der Waals surface area contributed by atoms with Gasteiger partial charge in [0.15, 0.2) is 0 Å². The largest absolute Gasteiger partial charge is 0.508 e.